The van der Waals surface area contributed by atoms with Crippen LogP contribution in [0, 0.1) is 0 Å². The summed E-state index contributed by atoms with van der Waals surface area (Å²) in [6.45, 7) is 4.51. The first kappa shape index (κ1) is 22.9. The lowest BCUT2D eigenvalue weighted by Gasteiger charge is -2.12. The molecule has 0 fully saturated rings. The van der Waals surface area contributed by atoms with Crippen molar-refractivity contribution in [3.05, 3.63) is 64.4 Å². The van der Waals surface area contributed by atoms with Crippen molar-refractivity contribution in [2.45, 2.75) is 31.2 Å². The molecule has 0 saturated carbocycles. The number of nitrogens with one attached hydrogen (secondary N) is 3. The van der Waals surface area contributed by atoms with Crippen LogP contribution in [0.1, 0.15) is 31.1 Å². The molecule has 0 aliphatic rings. The van der Waals surface area contributed by atoms with E-state index in [1.54, 1.807) is 55.5 Å². The van der Waals surface area contributed by atoms with Crippen LogP contribution in [0.15, 0.2) is 58.5 Å². The van der Waals surface area contributed by atoms with E-state index in [4.69, 9.17) is 0 Å². The number of aromatic nitrogens is 3. The number of nitrogens with zero attached hydrogens (tertiary/aromatic N) is 2. The molecule has 0 aliphatic heterocycles. The maximum atomic E-state index is 12.6. The molecule has 0 unspecified atom stereocenters. The van der Waals surface area contributed by atoms with Crippen LogP contribution < -0.4 is 16.2 Å². The number of hydrogen-bond donors (Lipinski definition) is 3. The van der Waals surface area contributed by atoms with E-state index in [2.05, 4.69) is 25.8 Å². The summed E-state index contributed by atoms with van der Waals surface area (Å²) in [5, 5.41) is 13.1. The number of thioether (sulfide) groups is 1. The second-order valence-corrected chi connectivity index (χ2v) is 8.25. The molecule has 0 spiro atoms. The molecule has 2 aromatic carbocycles. The van der Waals surface area contributed by atoms with Gasteiger partial charge in [-0.1, -0.05) is 30.0 Å². The van der Waals surface area contributed by atoms with Crippen LogP contribution in [0.25, 0.3) is 11.3 Å². The van der Waals surface area contributed by atoms with E-state index in [9.17, 15) is 19.2 Å². The van der Waals surface area contributed by atoms with Gasteiger partial charge in [0.1, 0.15) is 0 Å². The smallest absolute Gasteiger partial charge is 0.278 e. The number of carbonyl (C=O) groups is 3. The van der Waals surface area contributed by atoms with Gasteiger partial charge in [-0.05, 0) is 44.2 Å². The lowest BCUT2D eigenvalue weighted by atomic mass is 10.1. The summed E-state index contributed by atoms with van der Waals surface area (Å²) in [5.74, 6) is -0.629. The van der Waals surface area contributed by atoms with Crippen LogP contribution in [0.4, 0.5) is 11.4 Å². The van der Waals surface area contributed by atoms with Crippen molar-refractivity contribution in [2.24, 2.45) is 0 Å². The van der Waals surface area contributed by atoms with Crippen LogP contribution in [0.3, 0.4) is 0 Å². The number of para-hydroxylation sites is 1. The fourth-order valence-electron chi connectivity index (χ4n) is 2.79. The van der Waals surface area contributed by atoms with Gasteiger partial charge in [0, 0.05) is 23.7 Å². The summed E-state index contributed by atoms with van der Waals surface area (Å²) in [6, 6.07) is 13.3. The molecule has 2 amide bonds. The van der Waals surface area contributed by atoms with E-state index >= 15 is 0 Å². The van der Waals surface area contributed by atoms with Crippen molar-refractivity contribution in [1.82, 2.24) is 15.2 Å². The summed E-state index contributed by atoms with van der Waals surface area (Å²) >= 11 is 1.05. The largest absolute Gasteiger partial charge is 0.326 e. The van der Waals surface area contributed by atoms with Gasteiger partial charge in [-0.3, -0.25) is 24.2 Å². The maximum Gasteiger partial charge on any atom is 0.278 e. The van der Waals surface area contributed by atoms with Gasteiger partial charge in [-0.25, -0.2) is 0 Å². The summed E-state index contributed by atoms with van der Waals surface area (Å²) in [6.07, 6.45) is 0. The van der Waals surface area contributed by atoms with Crippen LogP contribution in [-0.2, 0) is 9.59 Å². The average molecular weight is 452 g/mol. The Labute approximate surface area is 188 Å². The van der Waals surface area contributed by atoms with Gasteiger partial charge >= 0.3 is 0 Å². The molecule has 0 saturated heterocycles. The molecular weight excluding hydrogens is 430 g/mol. The minimum atomic E-state index is -0.579. The fraction of sp³-hybridized carbons (Fsp3) is 0.182. The van der Waals surface area contributed by atoms with E-state index in [-0.39, 0.29) is 28.4 Å². The van der Waals surface area contributed by atoms with Gasteiger partial charge in [-0.2, -0.15) is 0 Å². The zero-order chi connectivity index (χ0) is 23.3. The number of amides is 2. The first-order chi connectivity index (χ1) is 15.2. The van der Waals surface area contributed by atoms with Gasteiger partial charge < -0.3 is 10.6 Å². The Hall–Kier alpha value is -3.79. The standard InChI is InChI=1S/C22H21N5O4S/c1-12(28)15-8-10-16(11-9-15)24-20(30)13(2)32-22-25-21(31)19(26-27-22)17-6-4-5-7-18(17)23-14(3)29/h4-11,13H,1-3H3,(H,23,29)(H,24,30)(H,25,27,31)/t13-/m0/s1. The Morgan fingerprint density at radius 2 is 1.66 bits per heavy atom. The van der Waals surface area contributed by atoms with Crippen molar-refractivity contribution < 1.29 is 14.4 Å². The van der Waals surface area contributed by atoms with Crippen molar-refractivity contribution >= 4 is 40.7 Å². The van der Waals surface area contributed by atoms with Gasteiger partial charge in [0.25, 0.3) is 5.56 Å². The molecule has 3 aromatic rings. The highest BCUT2D eigenvalue weighted by Gasteiger charge is 2.18. The summed E-state index contributed by atoms with van der Waals surface area (Å²) in [4.78, 5) is 50.5. The number of anilines is 2. The van der Waals surface area contributed by atoms with E-state index in [0.29, 0.717) is 22.5 Å². The number of carbonyl (C=O) groups excluding carboxylic acids is 3. The Balaban J connectivity index is 1.71. The molecule has 0 aliphatic carbocycles. The van der Waals surface area contributed by atoms with Gasteiger partial charge in [-0.15, -0.1) is 10.2 Å². The highest BCUT2D eigenvalue weighted by Crippen LogP contribution is 2.25. The molecule has 3 rings (SSSR count). The van der Waals surface area contributed by atoms with E-state index < -0.39 is 10.8 Å². The third-order valence-corrected chi connectivity index (χ3v) is 5.36. The molecule has 3 N–H and O–H groups in total. The molecule has 164 valence electrons. The lowest BCUT2D eigenvalue weighted by molar-refractivity contribution is -0.115. The minimum absolute atomic E-state index is 0.0568. The van der Waals surface area contributed by atoms with Gasteiger partial charge in [0.15, 0.2) is 16.6 Å². The van der Waals surface area contributed by atoms with Crippen LogP contribution in [0.5, 0.6) is 0 Å². The molecule has 10 heteroatoms. The topological polar surface area (TPSA) is 134 Å². The highest BCUT2D eigenvalue weighted by molar-refractivity contribution is 8.00. The SMILES string of the molecule is CC(=O)Nc1ccccc1-c1nnc(S[C@@H](C)C(=O)Nc2ccc(C(C)=O)cc2)[nH]c1=O. The van der Waals surface area contributed by atoms with Gasteiger partial charge in [0.05, 0.1) is 10.9 Å². The van der Waals surface area contributed by atoms with E-state index in [0.717, 1.165) is 11.8 Å². The molecule has 9 nitrogen and oxygen atoms in total. The van der Waals surface area contributed by atoms with Crippen molar-refractivity contribution in [1.29, 1.82) is 0 Å². The predicted octanol–water partition coefficient (Wildman–Crippen LogP) is 3.11. The maximum absolute atomic E-state index is 12.6. The summed E-state index contributed by atoms with van der Waals surface area (Å²) < 4.78 is 0. The van der Waals surface area contributed by atoms with Gasteiger partial charge in [0.2, 0.25) is 11.8 Å². The highest BCUT2D eigenvalue weighted by atomic mass is 32.2. The third kappa shape index (κ3) is 5.67. The summed E-state index contributed by atoms with van der Waals surface area (Å²) in [7, 11) is 0. The zero-order valence-electron chi connectivity index (χ0n) is 17.6. The van der Waals surface area contributed by atoms with Crippen molar-refractivity contribution in [3.8, 4) is 11.3 Å². The van der Waals surface area contributed by atoms with Crippen molar-refractivity contribution in [2.75, 3.05) is 10.6 Å². The second-order valence-electron chi connectivity index (χ2n) is 6.92. The molecule has 1 atom stereocenters. The Morgan fingerprint density at radius 3 is 2.28 bits per heavy atom. The first-order valence-electron chi connectivity index (χ1n) is 9.67. The normalized spacial score (nSPS) is 11.5. The van der Waals surface area contributed by atoms with Crippen LogP contribution >= 0.6 is 11.8 Å². The molecule has 1 aromatic heterocycles. The lowest BCUT2D eigenvalue weighted by Crippen LogP contribution is -2.23. The van der Waals surface area contributed by atoms with Crippen molar-refractivity contribution in [3.63, 3.8) is 0 Å². The monoisotopic (exact) mass is 451 g/mol. The second kappa shape index (κ2) is 10.0. The van der Waals surface area contributed by atoms with Crippen LogP contribution in [-0.4, -0.2) is 38.0 Å². The third-order valence-electron chi connectivity index (χ3n) is 4.39. The number of hydrogen-bond acceptors (Lipinski definition) is 7. The Kier molecular flexibility index (Phi) is 7.16. The predicted molar refractivity (Wildman–Crippen MR) is 123 cm³/mol. The fourth-order valence-corrected chi connectivity index (χ4v) is 3.53. The first-order valence-corrected chi connectivity index (χ1v) is 10.5. The molecule has 0 radical (unpaired) electrons. The Morgan fingerprint density at radius 1 is 0.969 bits per heavy atom. The molecule has 32 heavy (non-hydrogen) atoms. The number of ketones is 1. The quantitative estimate of drug-likeness (QED) is 0.371. The number of H-pyrrole nitrogens is 1. The van der Waals surface area contributed by atoms with E-state index in [1.165, 1.54) is 13.8 Å². The minimum Gasteiger partial charge on any atom is -0.326 e. The molecular formula is C22H21N5O4S. The Bertz CT molecular complexity index is 1220. The molecule has 0 bridgehead atoms. The van der Waals surface area contributed by atoms with Crippen LogP contribution in [0.2, 0.25) is 0 Å². The number of aromatic amines is 1. The average Bonchev–Trinajstić information content (AvgIpc) is 2.74. The summed E-state index contributed by atoms with van der Waals surface area (Å²) in [5.41, 5.74) is 1.56. The number of benzene rings is 2. The molecule has 1 heterocycles. The number of rotatable bonds is 7. The zero-order valence-corrected chi connectivity index (χ0v) is 18.4. The number of Topliss-reactive ketones (excluding diaryl/α,β-unsaturated/α-hetero) is 1. The van der Waals surface area contributed by atoms with E-state index in [1.807, 2.05) is 0 Å².